The first-order valence-corrected chi connectivity index (χ1v) is 4.56. The average Bonchev–Trinajstić information content (AvgIpc) is 2.02. The van der Waals surface area contributed by atoms with Gasteiger partial charge in [-0.15, -0.1) is 0 Å². The lowest BCUT2D eigenvalue weighted by molar-refractivity contribution is -0.120. The molecule has 0 saturated heterocycles. The summed E-state index contributed by atoms with van der Waals surface area (Å²) in [4.78, 5) is 11.5. The zero-order valence-corrected chi connectivity index (χ0v) is 8.79. The lowest BCUT2D eigenvalue weighted by atomic mass is 10.1. The first kappa shape index (κ1) is 10.7. The molecule has 0 radical (unpaired) electrons. The predicted octanol–water partition coefficient (Wildman–Crippen LogP) is 1.67. The van der Waals surface area contributed by atoms with Crippen LogP contribution in [0.5, 0.6) is 0 Å². The van der Waals surface area contributed by atoms with Crippen molar-refractivity contribution >= 4 is 11.6 Å². The van der Waals surface area contributed by atoms with Gasteiger partial charge in [0.2, 0.25) is 5.91 Å². The first-order chi connectivity index (χ1) is 6.39. The number of amides is 1. The maximum atomic E-state index is 11.5. The topological polar surface area (TPSA) is 55.1 Å². The van der Waals surface area contributed by atoms with E-state index in [0.29, 0.717) is 0 Å². The Morgan fingerprint density at radius 1 is 1.43 bits per heavy atom. The fraction of sp³-hybridized carbons (Fsp3) is 0.364. The molecule has 1 rings (SSSR count). The molecular weight excluding hydrogens is 176 g/mol. The van der Waals surface area contributed by atoms with Crippen LogP contribution in [0.4, 0.5) is 5.69 Å². The highest BCUT2D eigenvalue weighted by atomic mass is 16.2. The second-order valence-corrected chi connectivity index (χ2v) is 4.05. The molecule has 3 heteroatoms. The molecule has 0 aliphatic heterocycles. The second-order valence-electron chi connectivity index (χ2n) is 4.05. The van der Waals surface area contributed by atoms with E-state index in [1.54, 1.807) is 13.8 Å². The molecule has 76 valence electrons. The number of rotatable bonds is 2. The third-order valence-corrected chi connectivity index (χ3v) is 1.86. The molecule has 1 amide bonds. The van der Waals surface area contributed by atoms with Gasteiger partial charge in [0.15, 0.2) is 0 Å². The van der Waals surface area contributed by atoms with Gasteiger partial charge in [0.25, 0.3) is 0 Å². The zero-order valence-electron chi connectivity index (χ0n) is 8.79. The van der Waals surface area contributed by atoms with E-state index in [2.05, 4.69) is 5.32 Å². The van der Waals surface area contributed by atoms with Crippen molar-refractivity contribution in [3.63, 3.8) is 0 Å². The Balaban J connectivity index is 2.75. The molecule has 0 saturated carbocycles. The van der Waals surface area contributed by atoms with Gasteiger partial charge in [-0.2, -0.15) is 0 Å². The summed E-state index contributed by atoms with van der Waals surface area (Å²) in [7, 11) is 0. The van der Waals surface area contributed by atoms with E-state index in [1.807, 2.05) is 31.2 Å². The Labute approximate surface area is 84.3 Å². The highest BCUT2D eigenvalue weighted by Crippen LogP contribution is 2.11. The maximum absolute atomic E-state index is 11.5. The normalized spacial score (nSPS) is 11.1. The summed E-state index contributed by atoms with van der Waals surface area (Å²) in [5, 5.41) is 2.76. The Kier molecular flexibility index (Phi) is 2.91. The number of benzene rings is 1. The molecule has 1 aromatic rings. The van der Waals surface area contributed by atoms with Gasteiger partial charge in [0.1, 0.15) is 0 Å². The fourth-order valence-corrected chi connectivity index (χ4v) is 1.01. The van der Waals surface area contributed by atoms with Crippen LogP contribution in [0.3, 0.4) is 0 Å². The van der Waals surface area contributed by atoms with Gasteiger partial charge in [-0.1, -0.05) is 12.1 Å². The smallest absolute Gasteiger partial charge is 0.243 e. The van der Waals surface area contributed by atoms with Gasteiger partial charge in [0.05, 0.1) is 5.54 Å². The molecular formula is C11H16N2O. The first-order valence-electron chi connectivity index (χ1n) is 4.56. The molecule has 0 unspecified atom stereocenters. The molecule has 3 N–H and O–H groups in total. The molecule has 3 nitrogen and oxygen atoms in total. The highest BCUT2D eigenvalue weighted by molar-refractivity contribution is 5.97. The molecule has 0 heterocycles. The van der Waals surface area contributed by atoms with E-state index in [1.165, 1.54) is 0 Å². The Morgan fingerprint density at radius 3 is 2.57 bits per heavy atom. The van der Waals surface area contributed by atoms with Crippen molar-refractivity contribution < 1.29 is 4.79 Å². The number of anilines is 1. The van der Waals surface area contributed by atoms with Crippen LogP contribution in [-0.4, -0.2) is 11.4 Å². The van der Waals surface area contributed by atoms with Crippen LogP contribution in [0.1, 0.15) is 19.4 Å². The summed E-state index contributed by atoms with van der Waals surface area (Å²) in [5.74, 6) is -0.178. The lowest BCUT2D eigenvalue weighted by Gasteiger charge is -2.17. The summed E-state index contributed by atoms with van der Waals surface area (Å²) in [6.07, 6.45) is 0. The second kappa shape index (κ2) is 3.80. The molecule has 0 fully saturated rings. The standard InChI is InChI=1S/C11H16N2O/c1-8-5-4-6-9(7-8)13-10(14)11(2,3)12/h4-7H,12H2,1-3H3,(H,13,14). The van der Waals surface area contributed by atoms with Crippen molar-refractivity contribution in [1.29, 1.82) is 0 Å². The van der Waals surface area contributed by atoms with Crippen LogP contribution < -0.4 is 11.1 Å². The number of carbonyl (C=O) groups is 1. The third-order valence-electron chi connectivity index (χ3n) is 1.86. The molecule has 0 bridgehead atoms. The Morgan fingerprint density at radius 2 is 2.07 bits per heavy atom. The molecule has 0 spiro atoms. The minimum absolute atomic E-state index is 0.178. The monoisotopic (exact) mass is 192 g/mol. The Bertz CT molecular complexity index is 339. The molecule has 0 aliphatic rings. The molecule has 0 aromatic heterocycles. The van der Waals surface area contributed by atoms with Crippen molar-refractivity contribution in [2.24, 2.45) is 5.73 Å². The van der Waals surface area contributed by atoms with Crippen LogP contribution in [0, 0.1) is 6.92 Å². The molecule has 14 heavy (non-hydrogen) atoms. The van der Waals surface area contributed by atoms with Crippen molar-refractivity contribution in [3.8, 4) is 0 Å². The van der Waals surface area contributed by atoms with Crippen LogP contribution >= 0.6 is 0 Å². The number of nitrogens with two attached hydrogens (primary N) is 1. The number of nitrogens with one attached hydrogen (secondary N) is 1. The van der Waals surface area contributed by atoms with E-state index in [9.17, 15) is 4.79 Å². The minimum atomic E-state index is -0.844. The summed E-state index contributed by atoms with van der Waals surface area (Å²) in [6.45, 7) is 5.33. The maximum Gasteiger partial charge on any atom is 0.243 e. The predicted molar refractivity (Wildman–Crippen MR) is 58.1 cm³/mol. The van der Waals surface area contributed by atoms with E-state index in [4.69, 9.17) is 5.73 Å². The number of hydrogen-bond donors (Lipinski definition) is 2. The largest absolute Gasteiger partial charge is 0.325 e. The van der Waals surface area contributed by atoms with Gasteiger partial charge < -0.3 is 11.1 Å². The molecule has 0 atom stereocenters. The van der Waals surface area contributed by atoms with E-state index < -0.39 is 5.54 Å². The number of aryl methyl sites for hydroxylation is 1. The fourth-order valence-electron chi connectivity index (χ4n) is 1.01. The summed E-state index contributed by atoms with van der Waals surface area (Å²) >= 11 is 0. The van der Waals surface area contributed by atoms with Gasteiger partial charge in [-0.25, -0.2) is 0 Å². The van der Waals surface area contributed by atoms with Gasteiger partial charge in [0, 0.05) is 5.69 Å². The minimum Gasteiger partial charge on any atom is -0.325 e. The summed E-state index contributed by atoms with van der Waals surface area (Å²) in [5.41, 5.74) is 6.70. The molecule has 1 aromatic carbocycles. The summed E-state index contributed by atoms with van der Waals surface area (Å²) < 4.78 is 0. The van der Waals surface area contributed by atoms with Gasteiger partial charge in [-0.3, -0.25) is 4.79 Å². The molecule has 0 aliphatic carbocycles. The van der Waals surface area contributed by atoms with E-state index in [0.717, 1.165) is 11.3 Å². The zero-order chi connectivity index (χ0) is 10.8. The van der Waals surface area contributed by atoms with Crippen molar-refractivity contribution in [2.45, 2.75) is 26.3 Å². The van der Waals surface area contributed by atoms with E-state index >= 15 is 0 Å². The van der Waals surface area contributed by atoms with Crippen molar-refractivity contribution in [2.75, 3.05) is 5.32 Å². The number of hydrogen-bond acceptors (Lipinski definition) is 2. The highest BCUT2D eigenvalue weighted by Gasteiger charge is 2.21. The average molecular weight is 192 g/mol. The summed E-state index contributed by atoms with van der Waals surface area (Å²) in [6, 6.07) is 7.62. The van der Waals surface area contributed by atoms with Crippen LogP contribution in [0.2, 0.25) is 0 Å². The number of carbonyl (C=O) groups excluding carboxylic acids is 1. The van der Waals surface area contributed by atoms with Gasteiger partial charge in [-0.05, 0) is 38.5 Å². The van der Waals surface area contributed by atoms with E-state index in [-0.39, 0.29) is 5.91 Å². The quantitative estimate of drug-likeness (QED) is 0.749. The van der Waals surface area contributed by atoms with Crippen LogP contribution in [-0.2, 0) is 4.79 Å². The van der Waals surface area contributed by atoms with Gasteiger partial charge >= 0.3 is 0 Å². The van der Waals surface area contributed by atoms with Crippen LogP contribution in [0.15, 0.2) is 24.3 Å². The van der Waals surface area contributed by atoms with Crippen LogP contribution in [0.25, 0.3) is 0 Å². The van der Waals surface area contributed by atoms with Crippen molar-refractivity contribution in [3.05, 3.63) is 29.8 Å². The lowest BCUT2D eigenvalue weighted by Crippen LogP contribution is -2.45. The Hall–Kier alpha value is -1.35. The SMILES string of the molecule is Cc1cccc(NC(=O)C(C)(C)N)c1. The van der Waals surface area contributed by atoms with Crippen molar-refractivity contribution in [1.82, 2.24) is 0 Å². The third kappa shape index (κ3) is 2.85.